The minimum Gasteiger partial charge on any atom is -0.390 e. The van der Waals surface area contributed by atoms with Gasteiger partial charge in [-0.3, -0.25) is 9.59 Å². The monoisotopic (exact) mass is 426 g/mol. The van der Waals surface area contributed by atoms with Crippen molar-refractivity contribution in [1.82, 2.24) is 0 Å². The Labute approximate surface area is 189 Å². The quantitative estimate of drug-likeness (QED) is 0.270. The summed E-state index contributed by atoms with van der Waals surface area (Å²) < 4.78 is 0. The molecule has 0 aromatic rings. The van der Waals surface area contributed by atoms with Crippen molar-refractivity contribution in [3.8, 4) is 0 Å². The fourth-order valence-electron chi connectivity index (χ4n) is 3.44. The molecule has 1 atom stereocenters. The molecule has 0 unspecified atom stereocenters. The van der Waals surface area contributed by atoms with Crippen LogP contribution in [0.5, 0.6) is 0 Å². The second-order valence-electron chi connectivity index (χ2n) is 9.75. The molecule has 0 saturated heterocycles. The van der Waals surface area contributed by atoms with Crippen molar-refractivity contribution < 1.29 is 14.7 Å². The Balaban J connectivity index is 2.36. The molecule has 1 aliphatic rings. The number of Topliss-reactive ketones (excluding diaryl/α,β-unsaturated/α-hetero) is 1. The molecule has 172 valence electrons. The summed E-state index contributed by atoms with van der Waals surface area (Å²) in [5.41, 5.74) is 4.56. The smallest absolute Gasteiger partial charge is 0.185 e. The van der Waals surface area contributed by atoms with Gasteiger partial charge < -0.3 is 5.11 Å². The summed E-state index contributed by atoms with van der Waals surface area (Å²) in [5.74, 6) is 0.187. The van der Waals surface area contributed by atoms with Crippen LogP contribution in [0.1, 0.15) is 93.4 Å². The minimum absolute atomic E-state index is 0.0164. The number of allylic oxidation sites excluding steroid dienone is 10. The number of carbonyl (C=O) groups excluding carboxylic acids is 2. The number of ketones is 2. The highest BCUT2D eigenvalue weighted by Crippen LogP contribution is 2.23. The van der Waals surface area contributed by atoms with E-state index in [2.05, 4.69) is 45.9 Å². The summed E-state index contributed by atoms with van der Waals surface area (Å²) in [6.45, 7) is 14.0. The van der Waals surface area contributed by atoms with Gasteiger partial charge in [0.15, 0.2) is 11.6 Å². The fourth-order valence-corrected chi connectivity index (χ4v) is 3.44. The van der Waals surface area contributed by atoms with Gasteiger partial charge in [-0.05, 0) is 105 Å². The molecule has 0 heterocycles. The Morgan fingerprint density at radius 3 is 2.00 bits per heavy atom. The molecule has 0 aromatic heterocycles. The largest absolute Gasteiger partial charge is 0.390 e. The van der Waals surface area contributed by atoms with Crippen molar-refractivity contribution >= 4 is 11.6 Å². The SMILES string of the molecule is CC1=CC(=O)C=C(C/C=C(\C)CC/C=C(\C)CC/C=C(\C)CC[C@@H](C)C(C)(C)O)C1=O. The van der Waals surface area contributed by atoms with Crippen molar-refractivity contribution in [3.63, 3.8) is 0 Å². The molecule has 0 aromatic carbocycles. The van der Waals surface area contributed by atoms with Gasteiger partial charge in [-0.25, -0.2) is 0 Å². The van der Waals surface area contributed by atoms with Crippen LogP contribution in [0, 0.1) is 5.92 Å². The van der Waals surface area contributed by atoms with E-state index in [0.717, 1.165) is 38.5 Å². The Kier molecular flexibility index (Phi) is 11.1. The highest BCUT2D eigenvalue weighted by molar-refractivity contribution is 6.20. The molecule has 0 amide bonds. The van der Waals surface area contributed by atoms with Gasteiger partial charge in [0.25, 0.3) is 0 Å². The maximum absolute atomic E-state index is 12.1. The topological polar surface area (TPSA) is 54.4 Å². The lowest BCUT2D eigenvalue weighted by Crippen LogP contribution is -2.28. The zero-order valence-electron chi connectivity index (χ0n) is 20.7. The third-order valence-electron chi connectivity index (χ3n) is 6.24. The molecule has 1 aliphatic carbocycles. The second-order valence-corrected chi connectivity index (χ2v) is 9.75. The standard InChI is InChI=1S/C28H42O3/c1-20(10-8-12-21(2)14-16-24(5)28(6,7)31)11-9-13-22(3)15-17-25-19-26(29)18-23(4)27(25)30/h11-12,15,18-19,24,31H,8-10,13-14,16-17H2,1-7H3/b20-11+,21-12+,22-15+/t24-/m1/s1. The first-order valence-electron chi connectivity index (χ1n) is 11.6. The van der Waals surface area contributed by atoms with Crippen LogP contribution in [0.4, 0.5) is 0 Å². The van der Waals surface area contributed by atoms with Gasteiger partial charge in [-0.2, -0.15) is 0 Å². The van der Waals surface area contributed by atoms with Crippen LogP contribution < -0.4 is 0 Å². The average Bonchev–Trinajstić information content (AvgIpc) is 2.66. The molecule has 1 rings (SSSR count). The number of rotatable bonds is 12. The Hall–Kier alpha value is -2.00. The van der Waals surface area contributed by atoms with Crippen LogP contribution in [-0.4, -0.2) is 22.3 Å². The minimum atomic E-state index is -0.609. The van der Waals surface area contributed by atoms with Crippen LogP contribution in [0.25, 0.3) is 0 Å². The van der Waals surface area contributed by atoms with E-state index in [1.54, 1.807) is 6.92 Å². The van der Waals surface area contributed by atoms with Gasteiger partial charge in [-0.1, -0.05) is 41.9 Å². The Morgan fingerprint density at radius 1 is 0.935 bits per heavy atom. The molecule has 3 heteroatoms. The van der Waals surface area contributed by atoms with Crippen LogP contribution in [0.2, 0.25) is 0 Å². The average molecular weight is 427 g/mol. The van der Waals surface area contributed by atoms with E-state index >= 15 is 0 Å². The van der Waals surface area contributed by atoms with Crippen molar-refractivity contribution in [2.45, 2.75) is 99.0 Å². The predicted molar refractivity (Wildman–Crippen MR) is 131 cm³/mol. The van der Waals surface area contributed by atoms with E-state index in [0.29, 0.717) is 23.5 Å². The number of hydrogen-bond acceptors (Lipinski definition) is 3. The van der Waals surface area contributed by atoms with Gasteiger partial charge in [-0.15, -0.1) is 0 Å². The zero-order valence-corrected chi connectivity index (χ0v) is 20.7. The van der Waals surface area contributed by atoms with E-state index < -0.39 is 5.60 Å². The van der Waals surface area contributed by atoms with Gasteiger partial charge >= 0.3 is 0 Å². The predicted octanol–water partition coefficient (Wildman–Crippen LogP) is 6.99. The fraction of sp³-hybridized carbons (Fsp3) is 0.571. The summed E-state index contributed by atoms with van der Waals surface area (Å²) in [6, 6.07) is 0. The third-order valence-corrected chi connectivity index (χ3v) is 6.24. The van der Waals surface area contributed by atoms with E-state index in [9.17, 15) is 14.7 Å². The highest BCUT2D eigenvalue weighted by Gasteiger charge is 2.21. The number of hydrogen-bond donors (Lipinski definition) is 1. The number of carbonyl (C=O) groups is 2. The number of aliphatic hydroxyl groups is 1. The molecule has 1 N–H and O–H groups in total. The van der Waals surface area contributed by atoms with E-state index in [1.807, 2.05) is 13.8 Å². The zero-order chi connectivity index (χ0) is 23.6. The summed E-state index contributed by atoms with van der Waals surface area (Å²) in [7, 11) is 0. The lowest BCUT2D eigenvalue weighted by Gasteiger charge is -2.25. The molecule has 0 saturated carbocycles. The van der Waals surface area contributed by atoms with E-state index in [1.165, 1.54) is 28.9 Å². The molecule has 0 spiro atoms. The normalized spacial score (nSPS) is 17.6. The van der Waals surface area contributed by atoms with Crippen LogP contribution in [0.3, 0.4) is 0 Å². The van der Waals surface area contributed by atoms with Crippen LogP contribution in [0.15, 0.2) is 58.2 Å². The molecule has 0 bridgehead atoms. The molecule has 0 fully saturated rings. The Bertz CT molecular complexity index is 795. The Morgan fingerprint density at radius 2 is 1.45 bits per heavy atom. The summed E-state index contributed by atoms with van der Waals surface area (Å²) in [4.78, 5) is 23.7. The summed E-state index contributed by atoms with van der Waals surface area (Å²) in [6.07, 6.45) is 16.2. The molecular weight excluding hydrogens is 384 g/mol. The molecule has 0 aliphatic heterocycles. The van der Waals surface area contributed by atoms with E-state index in [4.69, 9.17) is 0 Å². The lowest BCUT2D eigenvalue weighted by atomic mass is 9.87. The molecule has 3 nitrogen and oxygen atoms in total. The van der Waals surface area contributed by atoms with E-state index in [-0.39, 0.29) is 11.6 Å². The summed E-state index contributed by atoms with van der Waals surface area (Å²) >= 11 is 0. The molecule has 31 heavy (non-hydrogen) atoms. The maximum atomic E-state index is 12.1. The van der Waals surface area contributed by atoms with Crippen molar-refractivity contribution in [2.75, 3.05) is 0 Å². The van der Waals surface area contributed by atoms with Gasteiger partial charge in [0.2, 0.25) is 0 Å². The van der Waals surface area contributed by atoms with Crippen molar-refractivity contribution in [1.29, 1.82) is 0 Å². The van der Waals surface area contributed by atoms with Crippen LogP contribution in [-0.2, 0) is 9.59 Å². The lowest BCUT2D eigenvalue weighted by molar-refractivity contribution is -0.115. The van der Waals surface area contributed by atoms with Crippen molar-refractivity contribution in [3.05, 3.63) is 58.2 Å². The van der Waals surface area contributed by atoms with Crippen LogP contribution >= 0.6 is 0 Å². The third kappa shape index (κ3) is 10.7. The first kappa shape index (κ1) is 27.0. The van der Waals surface area contributed by atoms with Crippen molar-refractivity contribution in [2.24, 2.45) is 5.92 Å². The maximum Gasteiger partial charge on any atom is 0.185 e. The highest BCUT2D eigenvalue weighted by atomic mass is 16.3. The molecular formula is C28H42O3. The van der Waals surface area contributed by atoms with Gasteiger partial charge in [0, 0.05) is 11.1 Å². The second kappa shape index (κ2) is 12.8. The molecule has 0 radical (unpaired) electrons. The first-order valence-corrected chi connectivity index (χ1v) is 11.6. The van der Waals surface area contributed by atoms with Gasteiger partial charge in [0.05, 0.1) is 5.60 Å². The van der Waals surface area contributed by atoms with Gasteiger partial charge in [0.1, 0.15) is 0 Å². The first-order chi connectivity index (χ1) is 14.4. The summed E-state index contributed by atoms with van der Waals surface area (Å²) in [5, 5.41) is 10.0.